The van der Waals surface area contributed by atoms with Crippen LogP contribution >= 0.6 is 23.2 Å². The highest BCUT2D eigenvalue weighted by Crippen LogP contribution is 2.37. The third-order valence-corrected chi connectivity index (χ3v) is 3.53. The molecule has 3 aromatic rings. The summed E-state index contributed by atoms with van der Waals surface area (Å²) in [5.74, 6) is -0.161. The van der Waals surface area contributed by atoms with Crippen LogP contribution in [-0.4, -0.2) is 10.9 Å². The summed E-state index contributed by atoms with van der Waals surface area (Å²) in [6, 6.07) is 9.22. The lowest BCUT2D eigenvalue weighted by atomic mass is 10.1. The number of halogens is 2. The van der Waals surface area contributed by atoms with Crippen LogP contribution in [0, 0.1) is 0 Å². The van der Waals surface area contributed by atoms with E-state index in [0.717, 1.165) is 21.8 Å². The Bertz CT molecular complexity index is 808. The first-order chi connectivity index (χ1) is 9.06. The van der Waals surface area contributed by atoms with Gasteiger partial charge in [-0.2, -0.15) is 0 Å². The van der Waals surface area contributed by atoms with Crippen molar-refractivity contribution in [2.45, 2.75) is 6.92 Å². The van der Waals surface area contributed by atoms with Crippen molar-refractivity contribution in [1.29, 1.82) is 0 Å². The van der Waals surface area contributed by atoms with Crippen molar-refractivity contribution in [3.8, 4) is 0 Å². The Labute approximate surface area is 119 Å². The molecule has 3 nitrogen and oxygen atoms in total. The monoisotopic (exact) mass is 292 g/mol. The third-order valence-electron chi connectivity index (χ3n) is 2.98. The Morgan fingerprint density at radius 1 is 1.16 bits per heavy atom. The first kappa shape index (κ1) is 12.3. The summed E-state index contributed by atoms with van der Waals surface area (Å²) in [5.41, 5.74) is 2.47. The van der Waals surface area contributed by atoms with Gasteiger partial charge in [0.05, 0.1) is 10.7 Å². The Hall–Kier alpha value is -1.71. The van der Waals surface area contributed by atoms with E-state index in [-0.39, 0.29) is 5.91 Å². The molecule has 96 valence electrons. The molecule has 1 aromatic heterocycles. The third kappa shape index (κ3) is 2.05. The van der Waals surface area contributed by atoms with Crippen LogP contribution in [0.4, 0.5) is 5.69 Å². The van der Waals surface area contributed by atoms with Gasteiger partial charge in [-0.3, -0.25) is 4.79 Å². The quantitative estimate of drug-likeness (QED) is 0.677. The van der Waals surface area contributed by atoms with Crippen molar-refractivity contribution in [2.24, 2.45) is 0 Å². The fourth-order valence-electron chi connectivity index (χ4n) is 2.24. The number of fused-ring (bicyclic) bond motifs is 3. The second-order valence-corrected chi connectivity index (χ2v) is 5.18. The minimum Gasteiger partial charge on any atom is -0.354 e. The van der Waals surface area contributed by atoms with Crippen LogP contribution < -0.4 is 5.32 Å². The number of aromatic nitrogens is 1. The van der Waals surface area contributed by atoms with Crippen LogP contribution in [0.3, 0.4) is 0 Å². The zero-order chi connectivity index (χ0) is 13.6. The Kier molecular flexibility index (Phi) is 2.88. The van der Waals surface area contributed by atoms with E-state index >= 15 is 0 Å². The smallest absolute Gasteiger partial charge is 0.221 e. The van der Waals surface area contributed by atoms with Gasteiger partial charge in [0, 0.05) is 33.8 Å². The van der Waals surface area contributed by atoms with Crippen LogP contribution in [0.1, 0.15) is 6.92 Å². The number of carbonyl (C=O) groups excluding carboxylic acids is 1. The van der Waals surface area contributed by atoms with Gasteiger partial charge < -0.3 is 10.3 Å². The molecule has 2 aromatic carbocycles. The van der Waals surface area contributed by atoms with Crippen molar-refractivity contribution >= 4 is 56.6 Å². The molecule has 19 heavy (non-hydrogen) atoms. The predicted octanol–water partition coefficient (Wildman–Crippen LogP) is 4.59. The van der Waals surface area contributed by atoms with Gasteiger partial charge in [-0.05, 0) is 30.3 Å². The van der Waals surface area contributed by atoms with E-state index in [0.29, 0.717) is 15.7 Å². The van der Waals surface area contributed by atoms with Gasteiger partial charge >= 0.3 is 0 Å². The lowest BCUT2D eigenvalue weighted by Gasteiger charge is -2.07. The van der Waals surface area contributed by atoms with E-state index in [9.17, 15) is 4.79 Å². The molecule has 2 N–H and O–H groups in total. The van der Waals surface area contributed by atoms with Crippen LogP contribution in [0.25, 0.3) is 21.8 Å². The van der Waals surface area contributed by atoms with Crippen LogP contribution in [0.2, 0.25) is 10.0 Å². The maximum atomic E-state index is 11.3. The van der Waals surface area contributed by atoms with Crippen molar-refractivity contribution in [3.05, 3.63) is 40.4 Å². The molecule has 0 bridgehead atoms. The number of aromatic amines is 1. The van der Waals surface area contributed by atoms with E-state index in [1.807, 2.05) is 24.3 Å². The standard InChI is InChI=1S/C14H10Cl2N2O/c1-7(19)17-14-10(16)3-5-12-13(14)9-6-8(15)2-4-11(9)18-12/h2-6,18H,1H3,(H,17,19). The second kappa shape index (κ2) is 4.44. The molecule has 0 atom stereocenters. The average molecular weight is 293 g/mol. The number of rotatable bonds is 1. The number of anilines is 1. The SMILES string of the molecule is CC(=O)Nc1c(Cl)ccc2[nH]c3ccc(Cl)cc3c12. The fraction of sp³-hybridized carbons (Fsp3) is 0.0714. The molecule has 0 aliphatic rings. The first-order valence-electron chi connectivity index (χ1n) is 5.73. The van der Waals surface area contributed by atoms with Crippen LogP contribution in [0.5, 0.6) is 0 Å². The molecule has 0 aliphatic carbocycles. The number of H-pyrrole nitrogens is 1. The van der Waals surface area contributed by atoms with Gasteiger partial charge in [0.15, 0.2) is 0 Å². The Balaban J connectivity index is 2.44. The number of hydrogen-bond donors (Lipinski definition) is 2. The second-order valence-electron chi connectivity index (χ2n) is 4.34. The van der Waals surface area contributed by atoms with Gasteiger partial charge in [-0.25, -0.2) is 0 Å². The molecule has 0 radical (unpaired) electrons. The van der Waals surface area contributed by atoms with E-state index in [4.69, 9.17) is 23.2 Å². The maximum Gasteiger partial charge on any atom is 0.221 e. The molecule has 3 rings (SSSR count). The highest BCUT2D eigenvalue weighted by atomic mass is 35.5. The highest BCUT2D eigenvalue weighted by Gasteiger charge is 2.13. The van der Waals surface area contributed by atoms with E-state index in [2.05, 4.69) is 10.3 Å². The zero-order valence-electron chi connectivity index (χ0n) is 10.1. The summed E-state index contributed by atoms with van der Waals surface area (Å²) in [7, 11) is 0. The van der Waals surface area contributed by atoms with E-state index in [1.54, 1.807) is 6.07 Å². The summed E-state index contributed by atoms with van der Waals surface area (Å²) in [6.07, 6.45) is 0. The maximum absolute atomic E-state index is 11.3. The minimum absolute atomic E-state index is 0.161. The molecule has 5 heteroatoms. The molecule has 0 spiro atoms. The molecule has 0 aliphatic heterocycles. The topological polar surface area (TPSA) is 44.9 Å². The number of hydrogen-bond acceptors (Lipinski definition) is 1. The summed E-state index contributed by atoms with van der Waals surface area (Å²) in [4.78, 5) is 14.6. The summed E-state index contributed by atoms with van der Waals surface area (Å²) < 4.78 is 0. The number of nitrogens with one attached hydrogen (secondary N) is 2. The summed E-state index contributed by atoms with van der Waals surface area (Å²) in [6.45, 7) is 1.46. The fourth-order valence-corrected chi connectivity index (χ4v) is 2.61. The minimum atomic E-state index is -0.161. The molecule has 0 fully saturated rings. The van der Waals surface area contributed by atoms with E-state index in [1.165, 1.54) is 6.92 Å². The zero-order valence-corrected chi connectivity index (χ0v) is 11.6. The lowest BCUT2D eigenvalue weighted by Crippen LogP contribution is -2.06. The largest absolute Gasteiger partial charge is 0.354 e. The normalized spacial score (nSPS) is 11.1. The van der Waals surface area contributed by atoms with Gasteiger partial charge in [-0.15, -0.1) is 0 Å². The van der Waals surface area contributed by atoms with Crippen molar-refractivity contribution in [1.82, 2.24) is 4.98 Å². The van der Waals surface area contributed by atoms with Gasteiger partial charge in [0.25, 0.3) is 0 Å². The molecule has 0 unspecified atom stereocenters. The molecule has 1 amide bonds. The van der Waals surface area contributed by atoms with Crippen molar-refractivity contribution in [3.63, 3.8) is 0 Å². The Morgan fingerprint density at radius 2 is 1.89 bits per heavy atom. The number of carbonyl (C=O) groups is 1. The van der Waals surface area contributed by atoms with Gasteiger partial charge in [0.1, 0.15) is 0 Å². The lowest BCUT2D eigenvalue weighted by molar-refractivity contribution is -0.114. The van der Waals surface area contributed by atoms with Crippen molar-refractivity contribution in [2.75, 3.05) is 5.32 Å². The molecule has 0 saturated heterocycles. The Morgan fingerprint density at radius 3 is 2.63 bits per heavy atom. The predicted molar refractivity (Wildman–Crippen MR) is 80.1 cm³/mol. The van der Waals surface area contributed by atoms with Crippen LogP contribution in [0.15, 0.2) is 30.3 Å². The number of amides is 1. The average Bonchev–Trinajstić information content (AvgIpc) is 2.70. The van der Waals surface area contributed by atoms with Crippen LogP contribution in [-0.2, 0) is 4.79 Å². The number of benzene rings is 2. The molecular weight excluding hydrogens is 283 g/mol. The van der Waals surface area contributed by atoms with Gasteiger partial charge in [0.2, 0.25) is 5.91 Å². The molecular formula is C14H10Cl2N2O. The molecule has 0 saturated carbocycles. The summed E-state index contributed by atoms with van der Waals surface area (Å²) in [5, 5.41) is 5.74. The van der Waals surface area contributed by atoms with Gasteiger partial charge in [-0.1, -0.05) is 23.2 Å². The highest BCUT2D eigenvalue weighted by molar-refractivity contribution is 6.37. The first-order valence-corrected chi connectivity index (χ1v) is 6.49. The van der Waals surface area contributed by atoms with Crippen molar-refractivity contribution < 1.29 is 4.79 Å². The molecule has 1 heterocycles. The summed E-state index contributed by atoms with van der Waals surface area (Å²) >= 11 is 12.2. The van der Waals surface area contributed by atoms with E-state index < -0.39 is 0 Å².